The topological polar surface area (TPSA) is 91.3 Å². The van der Waals surface area contributed by atoms with Crippen LogP contribution in [0.4, 0.5) is 29.7 Å². The van der Waals surface area contributed by atoms with E-state index in [0.29, 0.717) is 62.7 Å². The molecule has 3 saturated heterocycles. The number of rotatable bonds is 5. The molecule has 3 aliphatic rings. The van der Waals surface area contributed by atoms with Crippen molar-refractivity contribution in [3.05, 3.63) is 16.1 Å². The molecule has 1 aromatic carbocycles. The molecule has 10 nitrogen and oxygen atoms in total. The van der Waals surface area contributed by atoms with Gasteiger partial charge in [-0.05, 0) is 75.6 Å². The number of aromatic nitrogens is 2. The smallest absolute Gasteiger partial charge is 0.422 e. The molecule has 0 atom stereocenters. The van der Waals surface area contributed by atoms with Gasteiger partial charge in [0, 0.05) is 62.2 Å². The highest BCUT2D eigenvalue weighted by Crippen LogP contribution is 2.45. The van der Waals surface area contributed by atoms with Crippen LogP contribution in [0.2, 0.25) is 0 Å². The quantitative estimate of drug-likeness (QED) is 0.402. The number of fused-ring (bicyclic) bond motifs is 1. The Morgan fingerprint density at radius 3 is 2.37 bits per heavy atom. The van der Waals surface area contributed by atoms with Crippen molar-refractivity contribution >= 4 is 51.0 Å². The maximum absolute atomic E-state index is 13.3. The van der Waals surface area contributed by atoms with E-state index in [-0.39, 0.29) is 32.8 Å². The second kappa shape index (κ2) is 11.9. The Labute approximate surface area is 257 Å². The maximum Gasteiger partial charge on any atom is 0.422 e. The highest BCUT2D eigenvalue weighted by molar-refractivity contribution is 9.10. The SMILES string of the molecule is CN1CCCN(c2nc(N3CCC4(CC3)CN(C(=O)OC(C)(C)C)C4)c3cc(C=O)c(Br)c(OCC(F)(F)F)c3n2)CC1. The summed E-state index contributed by atoms with van der Waals surface area (Å²) >= 11 is 3.30. The molecular formula is C29H38BrF3N6O4. The van der Waals surface area contributed by atoms with Crippen molar-refractivity contribution in [2.75, 3.05) is 75.8 Å². The van der Waals surface area contributed by atoms with Crippen molar-refractivity contribution in [1.82, 2.24) is 19.8 Å². The molecule has 236 valence electrons. The van der Waals surface area contributed by atoms with E-state index < -0.39 is 18.4 Å². The number of amides is 1. The van der Waals surface area contributed by atoms with E-state index >= 15 is 0 Å². The van der Waals surface area contributed by atoms with Gasteiger partial charge in [0.2, 0.25) is 5.95 Å². The molecule has 3 aliphatic heterocycles. The zero-order valence-corrected chi connectivity index (χ0v) is 26.6. The van der Waals surface area contributed by atoms with E-state index in [4.69, 9.17) is 19.4 Å². The van der Waals surface area contributed by atoms with Crippen molar-refractivity contribution in [3.8, 4) is 5.75 Å². The molecule has 4 heterocycles. The fourth-order valence-corrected chi connectivity index (χ4v) is 6.44. The van der Waals surface area contributed by atoms with Crippen molar-refractivity contribution in [2.45, 2.75) is 51.8 Å². The van der Waals surface area contributed by atoms with Crippen LogP contribution in [0.25, 0.3) is 10.9 Å². The van der Waals surface area contributed by atoms with Gasteiger partial charge in [0.15, 0.2) is 18.6 Å². The normalized spacial score (nSPS) is 19.8. The van der Waals surface area contributed by atoms with E-state index in [9.17, 15) is 22.8 Å². The summed E-state index contributed by atoms with van der Waals surface area (Å²) in [4.78, 5) is 42.3. The Kier molecular flexibility index (Phi) is 8.73. The number of halogens is 4. The molecule has 0 saturated carbocycles. The molecule has 1 amide bonds. The van der Waals surface area contributed by atoms with E-state index in [1.54, 1.807) is 11.0 Å². The van der Waals surface area contributed by atoms with Gasteiger partial charge in [-0.25, -0.2) is 9.78 Å². The van der Waals surface area contributed by atoms with E-state index in [1.807, 2.05) is 27.8 Å². The van der Waals surface area contributed by atoms with Crippen LogP contribution in [0, 0.1) is 5.41 Å². The van der Waals surface area contributed by atoms with Crippen LogP contribution < -0.4 is 14.5 Å². The molecule has 0 unspecified atom stereocenters. The van der Waals surface area contributed by atoms with Crippen molar-refractivity contribution < 1.29 is 32.2 Å². The lowest BCUT2D eigenvalue weighted by molar-refractivity contribution is -0.153. The first-order valence-corrected chi connectivity index (χ1v) is 15.3. The van der Waals surface area contributed by atoms with Crippen molar-refractivity contribution in [2.24, 2.45) is 5.41 Å². The summed E-state index contributed by atoms with van der Waals surface area (Å²) < 4.78 is 50.7. The Bertz CT molecular complexity index is 1370. The first-order valence-electron chi connectivity index (χ1n) is 14.5. The molecule has 5 rings (SSSR count). The van der Waals surface area contributed by atoms with Crippen LogP contribution >= 0.6 is 15.9 Å². The fraction of sp³-hybridized carbons (Fsp3) is 0.655. The molecular weight excluding hydrogens is 633 g/mol. The molecule has 0 N–H and O–H groups in total. The molecule has 14 heteroatoms. The predicted octanol–water partition coefficient (Wildman–Crippen LogP) is 5.13. The van der Waals surface area contributed by atoms with Gasteiger partial charge in [-0.15, -0.1) is 0 Å². The third-order valence-corrected chi connectivity index (χ3v) is 9.04. The molecule has 0 radical (unpaired) electrons. The summed E-state index contributed by atoms with van der Waals surface area (Å²) in [5.74, 6) is 0.845. The Morgan fingerprint density at radius 1 is 1.05 bits per heavy atom. The molecule has 1 aromatic heterocycles. The number of ether oxygens (including phenoxy) is 2. The lowest BCUT2D eigenvalue weighted by Gasteiger charge is -2.53. The second-order valence-corrected chi connectivity index (χ2v) is 13.6. The monoisotopic (exact) mass is 670 g/mol. The van der Waals surface area contributed by atoms with Gasteiger partial charge in [-0.3, -0.25) is 4.79 Å². The molecule has 43 heavy (non-hydrogen) atoms. The summed E-state index contributed by atoms with van der Waals surface area (Å²) in [5.41, 5.74) is -0.208. The average Bonchev–Trinajstić information content (AvgIpc) is 3.13. The van der Waals surface area contributed by atoms with E-state index in [2.05, 4.69) is 30.6 Å². The van der Waals surface area contributed by atoms with Crippen LogP contribution in [0.3, 0.4) is 0 Å². The molecule has 1 spiro atoms. The highest BCUT2D eigenvalue weighted by Gasteiger charge is 2.48. The lowest BCUT2D eigenvalue weighted by atomic mass is 9.72. The number of carbonyl (C=O) groups is 2. The third kappa shape index (κ3) is 7.11. The number of nitrogens with zero attached hydrogens (tertiary/aromatic N) is 6. The maximum atomic E-state index is 13.3. The summed E-state index contributed by atoms with van der Waals surface area (Å²) in [5, 5.41) is 0.457. The minimum absolute atomic E-state index is 0.0214. The summed E-state index contributed by atoms with van der Waals surface area (Å²) in [6.07, 6.45) is -1.82. The zero-order chi connectivity index (χ0) is 31.2. The molecule has 2 aromatic rings. The van der Waals surface area contributed by atoms with Crippen LogP contribution in [-0.2, 0) is 4.74 Å². The average molecular weight is 672 g/mol. The molecule has 0 bridgehead atoms. The molecule has 3 fully saturated rings. The van der Waals surface area contributed by atoms with Crippen LogP contribution in [0.5, 0.6) is 5.75 Å². The second-order valence-electron chi connectivity index (χ2n) is 12.8. The van der Waals surface area contributed by atoms with Gasteiger partial charge in [0.05, 0.1) is 4.47 Å². The largest absolute Gasteiger partial charge is 0.481 e. The predicted molar refractivity (Wildman–Crippen MR) is 160 cm³/mol. The standard InChI is InChI=1S/C29H38BrF3N6O4/c1-27(2,3)43-26(41)39-16-28(17-39)6-10-37(11-7-28)24-20-14-19(15-40)21(30)23(42-18-29(31,32)33)22(20)34-25(35-24)38-9-5-8-36(4)12-13-38/h14-15H,5-13,16-18H2,1-4H3. The minimum Gasteiger partial charge on any atom is -0.481 e. The third-order valence-electron chi connectivity index (χ3n) is 8.22. The van der Waals surface area contributed by atoms with Crippen LogP contribution in [-0.4, -0.2) is 110 Å². The number of benzene rings is 1. The number of hydrogen-bond donors (Lipinski definition) is 0. The number of hydrogen-bond acceptors (Lipinski definition) is 9. The van der Waals surface area contributed by atoms with Crippen LogP contribution in [0.1, 0.15) is 50.4 Å². The van der Waals surface area contributed by atoms with Gasteiger partial charge < -0.3 is 29.1 Å². The number of alkyl halides is 3. The van der Waals surface area contributed by atoms with E-state index in [1.165, 1.54) is 0 Å². The summed E-state index contributed by atoms with van der Waals surface area (Å²) in [6, 6.07) is 1.61. The van der Waals surface area contributed by atoms with Gasteiger partial charge in [0.25, 0.3) is 0 Å². The number of anilines is 2. The number of likely N-dealkylation sites (N-methyl/N-ethyl adjacent to an activating group) is 1. The Hall–Kier alpha value is -2.87. The minimum atomic E-state index is -4.58. The van der Waals surface area contributed by atoms with E-state index in [0.717, 1.165) is 32.4 Å². The number of aldehydes is 1. The van der Waals surface area contributed by atoms with Gasteiger partial charge in [-0.2, -0.15) is 18.2 Å². The van der Waals surface area contributed by atoms with Crippen molar-refractivity contribution in [1.29, 1.82) is 0 Å². The number of piperidine rings is 1. The van der Waals surface area contributed by atoms with Crippen molar-refractivity contribution in [3.63, 3.8) is 0 Å². The number of likely N-dealkylation sites (tertiary alicyclic amines) is 1. The Morgan fingerprint density at radius 2 is 1.74 bits per heavy atom. The summed E-state index contributed by atoms with van der Waals surface area (Å²) in [7, 11) is 2.05. The van der Waals surface area contributed by atoms with Gasteiger partial charge >= 0.3 is 12.3 Å². The van der Waals surface area contributed by atoms with Gasteiger partial charge in [0.1, 0.15) is 16.9 Å². The number of carbonyl (C=O) groups excluding carboxylic acids is 2. The first-order chi connectivity index (χ1) is 20.2. The zero-order valence-electron chi connectivity index (χ0n) is 25.0. The summed E-state index contributed by atoms with van der Waals surface area (Å²) in [6.45, 7) is 9.57. The molecule has 0 aliphatic carbocycles. The first kappa shape index (κ1) is 31.6. The van der Waals surface area contributed by atoms with Crippen LogP contribution in [0.15, 0.2) is 10.5 Å². The fourth-order valence-electron chi connectivity index (χ4n) is 5.93. The highest BCUT2D eigenvalue weighted by atomic mass is 79.9. The van der Waals surface area contributed by atoms with Gasteiger partial charge in [-0.1, -0.05) is 0 Å². The Balaban J connectivity index is 1.48. The lowest BCUT2D eigenvalue weighted by Crippen LogP contribution is -2.62.